The van der Waals surface area contributed by atoms with Crippen molar-refractivity contribution >= 4 is 0 Å². The summed E-state index contributed by atoms with van der Waals surface area (Å²) < 4.78 is 10.5. The summed E-state index contributed by atoms with van der Waals surface area (Å²) in [4.78, 5) is 0. The minimum atomic E-state index is 0.644. The zero-order valence-electron chi connectivity index (χ0n) is 5.46. The number of benzene rings is 1. The molecule has 0 N–H and O–H groups in total. The molecule has 1 aliphatic rings. The summed E-state index contributed by atoms with van der Waals surface area (Å²) in [6, 6.07) is 8.37. The molecule has 2 heteroatoms. The van der Waals surface area contributed by atoms with Gasteiger partial charge in [0.1, 0.15) is 13.2 Å². The average molecular weight is 135 g/mol. The molecule has 0 bridgehead atoms. The van der Waals surface area contributed by atoms with E-state index in [2.05, 4.69) is 6.07 Å². The van der Waals surface area contributed by atoms with Crippen LogP contribution in [-0.2, 0) is 0 Å². The van der Waals surface area contributed by atoms with Gasteiger partial charge in [-0.15, -0.1) is 0 Å². The second-order valence-electron chi connectivity index (χ2n) is 2.07. The number of hydrogen-bond acceptors (Lipinski definition) is 2. The van der Waals surface area contributed by atoms with Gasteiger partial charge in [0.2, 0.25) is 0 Å². The van der Waals surface area contributed by atoms with Crippen LogP contribution in [0.1, 0.15) is 0 Å². The first kappa shape index (κ1) is 5.59. The maximum atomic E-state index is 5.28. The molecular formula is C8H7O2. The Morgan fingerprint density at radius 1 is 1.20 bits per heavy atom. The van der Waals surface area contributed by atoms with E-state index in [1.807, 2.05) is 12.1 Å². The van der Waals surface area contributed by atoms with Crippen LogP contribution in [0, 0.1) is 6.07 Å². The van der Waals surface area contributed by atoms with E-state index in [9.17, 15) is 0 Å². The van der Waals surface area contributed by atoms with Gasteiger partial charge in [-0.05, 0) is 18.2 Å². The Morgan fingerprint density at radius 2 is 2.00 bits per heavy atom. The molecule has 0 unspecified atom stereocenters. The lowest BCUT2D eigenvalue weighted by Crippen LogP contribution is -2.14. The van der Waals surface area contributed by atoms with Crippen LogP contribution < -0.4 is 9.47 Å². The van der Waals surface area contributed by atoms with Gasteiger partial charge in [-0.25, -0.2) is 0 Å². The van der Waals surface area contributed by atoms with Gasteiger partial charge in [-0.1, -0.05) is 6.07 Å². The van der Waals surface area contributed by atoms with Gasteiger partial charge in [0.15, 0.2) is 11.5 Å². The van der Waals surface area contributed by atoms with Crippen LogP contribution in [0.5, 0.6) is 11.5 Å². The van der Waals surface area contributed by atoms with Crippen molar-refractivity contribution in [2.75, 3.05) is 13.2 Å². The standard InChI is InChI=1S/C8H7O2/c1-2-4-8-7(3-1)9-5-6-10-8/h1,3-4H,5-6H2. The second kappa shape index (κ2) is 2.21. The van der Waals surface area contributed by atoms with Gasteiger partial charge in [0.05, 0.1) is 0 Å². The summed E-state index contributed by atoms with van der Waals surface area (Å²) in [7, 11) is 0. The number of fused-ring (bicyclic) bond motifs is 1. The Balaban J connectivity index is 2.41. The van der Waals surface area contributed by atoms with Gasteiger partial charge in [-0.2, -0.15) is 0 Å². The van der Waals surface area contributed by atoms with E-state index >= 15 is 0 Å². The van der Waals surface area contributed by atoms with Crippen molar-refractivity contribution in [3.05, 3.63) is 24.3 Å². The summed E-state index contributed by atoms with van der Waals surface area (Å²) in [5.41, 5.74) is 0. The molecule has 0 amide bonds. The molecule has 0 atom stereocenters. The average Bonchev–Trinajstić information content (AvgIpc) is 2.05. The predicted octanol–water partition coefficient (Wildman–Crippen LogP) is 1.26. The van der Waals surface area contributed by atoms with Crippen LogP contribution in [0.2, 0.25) is 0 Å². The Hall–Kier alpha value is -1.18. The first-order valence-electron chi connectivity index (χ1n) is 3.22. The molecule has 1 aliphatic heterocycles. The van der Waals surface area contributed by atoms with Crippen molar-refractivity contribution in [2.24, 2.45) is 0 Å². The molecule has 2 rings (SSSR count). The Labute approximate surface area is 59.4 Å². The Bertz CT molecular complexity index is 207. The maximum absolute atomic E-state index is 5.28. The van der Waals surface area contributed by atoms with E-state index in [0.29, 0.717) is 13.2 Å². The van der Waals surface area contributed by atoms with Crippen molar-refractivity contribution in [3.63, 3.8) is 0 Å². The SMILES string of the molecule is [c]1ccc2c(c1)OCCO2. The zero-order valence-corrected chi connectivity index (χ0v) is 5.46. The highest BCUT2D eigenvalue weighted by Crippen LogP contribution is 2.28. The third-order valence-corrected chi connectivity index (χ3v) is 1.39. The zero-order chi connectivity index (χ0) is 6.81. The molecule has 1 heterocycles. The molecule has 0 aromatic heterocycles. The first-order valence-corrected chi connectivity index (χ1v) is 3.22. The molecule has 0 spiro atoms. The van der Waals surface area contributed by atoms with Crippen LogP contribution in [0.3, 0.4) is 0 Å². The van der Waals surface area contributed by atoms with Crippen molar-refractivity contribution < 1.29 is 9.47 Å². The summed E-state index contributed by atoms with van der Waals surface area (Å²) in [5, 5.41) is 0. The van der Waals surface area contributed by atoms with Crippen LogP contribution in [0.15, 0.2) is 18.2 Å². The molecule has 1 radical (unpaired) electrons. The van der Waals surface area contributed by atoms with Crippen molar-refractivity contribution in [1.82, 2.24) is 0 Å². The topological polar surface area (TPSA) is 18.5 Å². The van der Waals surface area contributed by atoms with Crippen molar-refractivity contribution in [3.8, 4) is 11.5 Å². The molecule has 0 saturated carbocycles. The fraction of sp³-hybridized carbons (Fsp3) is 0.250. The van der Waals surface area contributed by atoms with E-state index in [1.54, 1.807) is 6.07 Å². The minimum Gasteiger partial charge on any atom is -0.486 e. The minimum absolute atomic E-state index is 0.644. The van der Waals surface area contributed by atoms with Gasteiger partial charge in [-0.3, -0.25) is 0 Å². The number of ether oxygens (including phenoxy) is 2. The highest BCUT2D eigenvalue weighted by Gasteiger charge is 2.08. The van der Waals surface area contributed by atoms with Crippen LogP contribution >= 0.6 is 0 Å². The van der Waals surface area contributed by atoms with E-state index in [4.69, 9.17) is 9.47 Å². The van der Waals surface area contributed by atoms with Crippen molar-refractivity contribution in [1.29, 1.82) is 0 Å². The lowest BCUT2D eigenvalue weighted by atomic mass is 10.3. The predicted molar refractivity (Wildman–Crippen MR) is 36.3 cm³/mol. The second-order valence-corrected chi connectivity index (χ2v) is 2.07. The van der Waals surface area contributed by atoms with Crippen LogP contribution in [-0.4, -0.2) is 13.2 Å². The third-order valence-electron chi connectivity index (χ3n) is 1.39. The number of rotatable bonds is 0. The van der Waals surface area contributed by atoms with E-state index in [-0.39, 0.29) is 0 Å². The van der Waals surface area contributed by atoms with Gasteiger partial charge >= 0.3 is 0 Å². The monoisotopic (exact) mass is 135 g/mol. The van der Waals surface area contributed by atoms with Crippen LogP contribution in [0.4, 0.5) is 0 Å². The molecule has 0 saturated heterocycles. The highest BCUT2D eigenvalue weighted by molar-refractivity contribution is 5.39. The lowest BCUT2D eigenvalue weighted by molar-refractivity contribution is 0.171. The molecule has 0 aliphatic carbocycles. The highest BCUT2D eigenvalue weighted by atomic mass is 16.6. The quantitative estimate of drug-likeness (QED) is 0.533. The molecule has 1 aromatic carbocycles. The van der Waals surface area contributed by atoms with Gasteiger partial charge in [0, 0.05) is 0 Å². The maximum Gasteiger partial charge on any atom is 0.161 e. The molecule has 10 heavy (non-hydrogen) atoms. The lowest BCUT2D eigenvalue weighted by Gasteiger charge is -2.16. The summed E-state index contributed by atoms with van der Waals surface area (Å²) in [5.74, 6) is 1.62. The molecule has 51 valence electrons. The van der Waals surface area contributed by atoms with Gasteiger partial charge in [0.25, 0.3) is 0 Å². The Kier molecular flexibility index (Phi) is 1.24. The first-order chi connectivity index (χ1) is 4.97. The normalized spacial score (nSPS) is 14.8. The smallest absolute Gasteiger partial charge is 0.161 e. The van der Waals surface area contributed by atoms with E-state index in [0.717, 1.165) is 11.5 Å². The Morgan fingerprint density at radius 3 is 2.80 bits per heavy atom. The molecular weight excluding hydrogens is 128 g/mol. The van der Waals surface area contributed by atoms with E-state index < -0.39 is 0 Å². The summed E-state index contributed by atoms with van der Waals surface area (Å²) in [6.07, 6.45) is 0. The molecule has 2 nitrogen and oxygen atoms in total. The van der Waals surface area contributed by atoms with Crippen LogP contribution in [0.25, 0.3) is 0 Å². The summed E-state index contributed by atoms with van der Waals surface area (Å²) >= 11 is 0. The molecule has 0 fully saturated rings. The van der Waals surface area contributed by atoms with Crippen molar-refractivity contribution in [2.45, 2.75) is 0 Å². The third kappa shape index (κ3) is 0.817. The fourth-order valence-corrected chi connectivity index (χ4v) is 0.936. The van der Waals surface area contributed by atoms with E-state index in [1.165, 1.54) is 0 Å². The summed E-state index contributed by atoms with van der Waals surface area (Å²) in [6.45, 7) is 1.29. The number of hydrogen-bond donors (Lipinski definition) is 0. The molecule has 1 aromatic rings. The largest absolute Gasteiger partial charge is 0.486 e. The fourth-order valence-electron chi connectivity index (χ4n) is 0.936. The van der Waals surface area contributed by atoms with Gasteiger partial charge < -0.3 is 9.47 Å².